The lowest BCUT2D eigenvalue weighted by molar-refractivity contribution is 0.173. The lowest BCUT2D eigenvalue weighted by Crippen LogP contribution is -2.25. The molecular formula is C12H23N3O. The van der Waals surface area contributed by atoms with E-state index in [4.69, 9.17) is 0 Å². The minimum Gasteiger partial charge on any atom is -0.387 e. The van der Waals surface area contributed by atoms with Gasteiger partial charge in [-0.2, -0.15) is 5.10 Å². The topological polar surface area (TPSA) is 50.1 Å². The largest absolute Gasteiger partial charge is 0.387 e. The zero-order chi connectivity index (χ0) is 12.0. The van der Waals surface area contributed by atoms with Crippen LogP contribution in [0.2, 0.25) is 0 Å². The number of aromatic nitrogens is 2. The summed E-state index contributed by atoms with van der Waals surface area (Å²) in [5.41, 5.74) is 0.893. The van der Waals surface area contributed by atoms with E-state index < -0.39 is 6.10 Å². The second-order valence-electron chi connectivity index (χ2n) is 4.60. The van der Waals surface area contributed by atoms with Crippen molar-refractivity contribution in [2.45, 2.75) is 39.8 Å². The van der Waals surface area contributed by atoms with Crippen LogP contribution in [0.1, 0.15) is 38.9 Å². The van der Waals surface area contributed by atoms with Crippen LogP contribution in [0.25, 0.3) is 0 Å². The molecule has 0 aromatic carbocycles. The van der Waals surface area contributed by atoms with Gasteiger partial charge in [0.2, 0.25) is 0 Å². The van der Waals surface area contributed by atoms with Gasteiger partial charge < -0.3 is 10.4 Å². The summed E-state index contributed by atoms with van der Waals surface area (Å²) in [4.78, 5) is 0. The second kappa shape index (κ2) is 6.66. The van der Waals surface area contributed by atoms with Gasteiger partial charge in [-0.15, -0.1) is 0 Å². The summed E-state index contributed by atoms with van der Waals surface area (Å²) in [6.45, 7) is 8.85. The number of aryl methyl sites for hydroxylation is 1. The molecule has 0 aliphatic carbocycles. The average molecular weight is 225 g/mol. The summed E-state index contributed by atoms with van der Waals surface area (Å²) in [6, 6.07) is 0. The van der Waals surface area contributed by atoms with Crippen LogP contribution >= 0.6 is 0 Å². The van der Waals surface area contributed by atoms with Gasteiger partial charge >= 0.3 is 0 Å². The molecule has 2 N–H and O–H groups in total. The van der Waals surface area contributed by atoms with E-state index in [-0.39, 0.29) is 0 Å². The van der Waals surface area contributed by atoms with Crippen molar-refractivity contribution < 1.29 is 5.11 Å². The zero-order valence-electron chi connectivity index (χ0n) is 10.5. The average Bonchev–Trinajstić information content (AvgIpc) is 2.66. The van der Waals surface area contributed by atoms with Crippen LogP contribution in [-0.4, -0.2) is 28.0 Å². The molecular weight excluding hydrogens is 202 g/mol. The maximum atomic E-state index is 9.90. The van der Waals surface area contributed by atoms with E-state index in [1.807, 2.05) is 10.9 Å². The maximum absolute atomic E-state index is 9.90. The molecule has 0 aliphatic rings. The molecule has 1 rings (SSSR count). The Morgan fingerprint density at radius 3 is 2.81 bits per heavy atom. The molecule has 1 unspecified atom stereocenters. The molecule has 1 heterocycles. The molecule has 0 bridgehead atoms. The summed E-state index contributed by atoms with van der Waals surface area (Å²) in [5.74, 6) is 0.606. The van der Waals surface area contributed by atoms with E-state index in [0.29, 0.717) is 12.5 Å². The fourth-order valence-electron chi connectivity index (χ4n) is 1.53. The Bertz CT molecular complexity index is 296. The molecule has 0 fully saturated rings. The van der Waals surface area contributed by atoms with E-state index in [1.54, 1.807) is 6.20 Å². The lowest BCUT2D eigenvalue weighted by Gasteiger charge is -2.11. The van der Waals surface area contributed by atoms with Gasteiger partial charge in [-0.05, 0) is 18.9 Å². The number of nitrogens with one attached hydrogen (secondary N) is 1. The molecule has 0 amide bonds. The lowest BCUT2D eigenvalue weighted by atomic mass is 10.2. The Labute approximate surface area is 97.7 Å². The fraction of sp³-hybridized carbons (Fsp3) is 0.750. The van der Waals surface area contributed by atoms with Crippen LogP contribution in [0, 0.1) is 5.92 Å². The normalized spacial score (nSPS) is 13.3. The highest BCUT2D eigenvalue weighted by molar-refractivity contribution is 5.08. The van der Waals surface area contributed by atoms with Gasteiger partial charge in [-0.1, -0.05) is 20.8 Å². The molecule has 1 atom stereocenters. The third kappa shape index (κ3) is 4.33. The van der Waals surface area contributed by atoms with Gasteiger partial charge in [0, 0.05) is 24.8 Å². The molecule has 0 radical (unpaired) electrons. The fourth-order valence-corrected chi connectivity index (χ4v) is 1.53. The van der Waals surface area contributed by atoms with Crippen molar-refractivity contribution in [2.24, 2.45) is 5.92 Å². The predicted octanol–water partition coefficient (Wildman–Crippen LogP) is 1.57. The molecule has 0 saturated heterocycles. The van der Waals surface area contributed by atoms with Crippen LogP contribution in [0.15, 0.2) is 12.4 Å². The van der Waals surface area contributed by atoms with E-state index in [9.17, 15) is 5.11 Å². The first kappa shape index (κ1) is 13.2. The van der Waals surface area contributed by atoms with Crippen molar-refractivity contribution in [2.75, 3.05) is 13.1 Å². The molecule has 4 heteroatoms. The first-order valence-electron chi connectivity index (χ1n) is 6.04. The first-order chi connectivity index (χ1) is 7.63. The highest BCUT2D eigenvalue weighted by Crippen LogP contribution is 2.10. The van der Waals surface area contributed by atoms with Crippen molar-refractivity contribution in [3.63, 3.8) is 0 Å². The first-order valence-corrected chi connectivity index (χ1v) is 6.04. The van der Waals surface area contributed by atoms with Crippen LogP contribution in [0.5, 0.6) is 0 Å². The Morgan fingerprint density at radius 2 is 2.19 bits per heavy atom. The third-order valence-electron chi connectivity index (χ3n) is 2.38. The van der Waals surface area contributed by atoms with Crippen molar-refractivity contribution in [1.29, 1.82) is 0 Å². The van der Waals surface area contributed by atoms with Gasteiger partial charge in [0.15, 0.2) is 0 Å². The Hall–Kier alpha value is -0.870. The number of nitrogens with zero attached hydrogens (tertiary/aromatic N) is 2. The number of hydrogen-bond donors (Lipinski definition) is 2. The minimum atomic E-state index is -0.454. The smallest absolute Gasteiger partial charge is 0.0944 e. The molecule has 4 nitrogen and oxygen atoms in total. The number of aliphatic hydroxyl groups is 1. The van der Waals surface area contributed by atoms with Crippen LogP contribution < -0.4 is 5.32 Å². The molecule has 1 aromatic rings. The maximum Gasteiger partial charge on any atom is 0.0944 e. The highest BCUT2D eigenvalue weighted by atomic mass is 16.3. The standard InChI is InChI=1S/C12H23N3O/c1-4-5-15-9-11(7-14-15)12(16)8-13-6-10(2)3/h7,9-10,12-13,16H,4-6,8H2,1-3H3. The van der Waals surface area contributed by atoms with Crippen molar-refractivity contribution in [3.8, 4) is 0 Å². The van der Waals surface area contributed by atoms with E-state index in [2.05, 4.69) is 31.2 Å². The Balaban J connectivity index is 2.36. The van der Waals surface area contributed by atoms with Gasteiger partial charge in [-0.3, -0.25) is 4.68 Å². The van der Waals surface area contributed by atoms with Crippen molar-refractivity contribution >= 4 is 0 Å². The minimum absolute atomic E-state index is 0.454. The molecule has 16 heavy (non-hydrogen) atoms. The Morgan fingerprint density at radius 1 is 1.44 bits per heavy atom. The second-order valence-corrected chi connectivity index (χ2v) is 4.60. The van der Waals surface area contributed by atoms with Gasteiger partial charge in [0.1, 0.15) is 0 Å². The summed E-state index contributed by atoms with van der Waals surface area (Å²) in [7, 11) is 0. The quantitative estimate of drug-likeness (QED) is 0.740. The monoisotopic (exact) mass is 225 g/mol. The van der Waals surface area contributed by atoms with Gasteiger partial charge in [-0.25, -0.2) is 0 Å². The zero-order valence-corrected chi connectivity index (χ0v) is 10.5. The number of rotatable bonds is 7. The van der Waals surface area contributed by atoms with Crippen LogP contribution in [0.3, 0.4) is 0 Å². The third-order valence-corrected chi connectivity index (χ3v) is 2.38. The molecule has 0 saturated carbocycles. The number of aliphatic hydroxyl groups excluding tert-OH is 1. The van der Waals surface area contributed by atoms with E-state index in [1.165, 1.54) is 0 Å². The van der Waals surface area contributed by atoms with Crippen LogP contribution in [-0.2, 0) is 6.54 Å². The van der Waals surface area contributed by atoms with Gasteiger partial charge in [0.05, 0.1) is 12.3 Å². The van der Waals surface area contributed by atoms with Gasteiger partial charge in [0.25, 0.3) is 0 Å². The summed E-state index contributed by atoms with van der Waals surface area (Å²) in [5, 5.41) is 17.3. The predicted molar refractivity (Wildman–Crippen MR) is 65.2 cm³/mol. The summed E-state index contributed by atoms with van der Waals surface area (Å²) in [6.07, 6.45) is 4.27. The number of hydrogen-bond acceptors (Lipinski definition) is 3. The summed E-state index contributed by atoms with van der Waals surface area (Å²) >= 11 is 0. The molecule has 0 spiro atoms. The van der Waals surface area contributed by atoms with Crippen molar-refractivity contribution in [3.05, 3.63) is 18.0 Å². The SMILES string of the molecule is CCCn1cc(C(O)CNCC(C)C)cn1. The van der Waals surface area contributed by atoms with Crippen LogP contribution in [0.4, 0.5) is 0 Å². The van der Waals surface area contributed by atoms with E-state index in [0.717, 1.165) is 25.1 Å². The molecule has 1 aromatic heterocycles. The Kier molecular flexibility index (Phi) is 5.49. The van der Waals surface area contributed by atoms with Crippen molar-refractivity contribution in [1.82, 2.24) is 15.1 Å². The highest BCUT2D eigenvalue weighted by Gasteiger charge is 2.09. The summed E-state index contributed by atoms with van der Waals surface area (Å²) < 4.78 is 1.88. The van der Waals surface area contributed by atoms with E-state index >= 15 is 0 Å². The molecule has 0 aliphatic heterocycles. The molecule has 92 valence electrons.